The van der Waals surface area contributed by atoms with Gasteiger partial charge in [-0.3, -0.25) is 4.79 Å². The lowest BCUT2D eigenvalue weighted by Crippen LogP contribution is -2.16. The Balaban J connectivity index is 1.72. The highest BCUT2D eigenvalue weighted by Crippen LogP contribution is 2.25. The van der Waals surface area contributed by atoms with Crippen LogP contribution in [0, 0.1) is 13.8 Å². The zero-order valence-corrected chi connectivity index (χ0v) is 16.9. The van der Waals surface area contributed by atoms with Gasteiger partial charge < -0.3 is 23.2 Å². The number of aromatic nitrogens is 1. The molecule has 0 unspecified atom stereocenters. The van der Waals surface area contributed by atoms with Crippen LogP contribution in [0.3, 0.4) is 0 Å². The summed E-state index contributed by atoms with van der Waals surface area (Å²) in [4.78, 5) is 25.1. The number of carbonyl (C=O) groups excluding carboxylic acids is 2. The maximum Gasteiger partial charge on any atom is 0.340 e. The Morgan fingerprint density at radius 3 is 2.48 bits per heavy atom. The molecule has 7 heteroatoms. The Bertz CT molecular complexity index is 1020. The van der Waals surface area contributed by atoms with E-state index in [1.165, 1.54) is 14.2 Å². The van der Waals surface area contributed by atoms with Crippen molar-refractivity contribution in [1.29, 1.82) is 0 Å². The van der Waals surface area contributed by atoms with Crippen LogP contribution in [0.1, 0.15) is 37.9 Å². The number of ketones is 1. The molecule has 29 heavy (non-hydrogen) atoms. The van der Waals surface area contributed by atoms with Gasteiger partial charge in [0, 0.05) is 11.4 Å². The van der Waals surface area contributed by atoms with Crippen molar-refractivity contribution < 1.29 is 28.2 Å². The van der Waals surface area contributed by atoms with Gasteiger partial charge in [-0.05, 0) is 50.2 Å². The van der Waals surface area contributed by atoms with E-state index in [4.69, 9.17) is 18.6 Å². The second-order valence-corrected chi connectivity index (χ2v) is 6.52. The first-order valence-corrected chi connectivity index (χ1v) is 9.06. The predicted octanol–water partition coefficient (Wildman–Crippen LogP) is 3.80. The molecule has 0 spiro atoms. The van der Waals surface area contributed by atoms with Crippen LogP contribution in [0.15, 0.2) is 47.1 Å². The van der Waals surface area contributed by atoms with Crippen molar-refractivity contribution in [3.05, 3.63) is 70.9 Å². The maximum atomic E-state index is 12.6. The molecule has 0 aliphatic heterocycles. The molecule has 0 atom stereocenters. The fourth-order valence-electron chi connectivity index (χ4n) is 3.13. The zero-order chi connectivity index (χ0) is 21.0. The molecule has 0 aliphatic rings. The number of hydrogen-bond acceptors (Lipinski definition) is 6. The molecule has 0 aliphatic carbocycles. The van der Waals surface area contributed by atoms with E-state index in [2.05, 4.69) is 0 Å². The molecule has 1 aromatic carbocycles. The lowest BCUT2D eigenvalue weighted by Gasteiger charge is -2.10. The predicted molar refractivity (Wildman–Crippen MR) is 106 cm³/mol. The van der Waals surface area contributed by atoms with Crippen LogP contribution in [0.2, 0.25) is 0 Å². The normalized spacial score (nSPS) is 10.6. The monoisotopic (exact) mass is 397 g/mol. The van der Waals surface area contributed by atoms with Crippen LogP contribution >= 0.6 is 0 Å². The van der Waals surface area contributed by atoms with Gasteiger partial charge in [-0.25, -0.2) is 4.79 Å². The summed E-state index contributed by atoms with van der Waals surface area (Å²) in [5.41, 5.74) is 2.35. The Kier molecular flexibility index (Phi) is 6.07. The average molecular weight is 397 g/mol. The highest BCUT2D eigenvalue weighted by atomic mass is 16.5. The number of Topliss-reactive ketones (excluding diaryl/α,β-unsaturated/α-hetero) is 1. The Morgan fingerprint density at radius 2 is 1.83 bits per heavy atom. The summed E-state index contributed by atoms with van der Waals surface area (Å²) < 4.78 is 23.0. The number of rotatable bonds is 8. The first-order chi connectivity index (χ1) is 13.9. The number of esters is 1. The molecule has 0 bridgehead atoms. The van der Waals surface area contributed by atoms with Crippen molar-refractivity contribution in [3.63, 3.8) is 0 Å². The standard InChI is InChI=1S/C22H23NO6/c1-14-10-18(15(2)23(14)12-17-6-5-9-28-17)22(25)29-13-20(24)19-11-16(26-3)7-8-21(19)27-4/h5-11H,12-13H2,1-4H3. The van der Waals surface area contributed by atoms with Crippen molar-refractivity contribution in [1.82, 2.24) is 4.57 Å². The molecule has 0 amide bonds. The van der Waals surface area contributed by atoms with Crippen LogP contribution in [0.25, 0.3) is 0 Å². The van der Waals surface area contributed by atoms with E-state index in [9.17, 15) is 9.59 Å². The van der Waals surface area contributed by atoms with Gasteiger partial charge in [0.2, 0.25) is 5.78 Å². The fourth-order valence-corrected chi connectivity index (χ4v) is 3.13. The minimum Gasteiger partial charge on any atom is -0.497 e. The smallest absolute Gasteiger partial charge is 0.340 e. The number of hydrogen-bond donors (Lipinski definition) is 0. The van der Waals surface area contributed by atoms with Crippen molar-refractivity contribution in [2.45, 2.75) is 20.4 Å². The van der Waals surface area contributed by atoms with E-state index in [1.807, 2.05) is 30.5 Å². The van der Waals surface area contributed by atoms with E-state index in [0.29, 0.717) is 29.2 Å². The third-order valence-electron chi connectivity index (χ3n) is 4.73. The molecule has 3 aromatic rings. The van der Waals surface area contributed by atoms with Gasteiger partial charge in [-0.2, -0.15) is 0 Å². The van der Waals surface area contributed by atoms with Crippen molar-refractivity contribution in [2.24, 2.45) is 0 Å². The van der Waals surface area contributed by atoms with Crippen LogP contribution in [-0.2, 0) is 11.3 Å². The largest absolute Gasteiger partial charge is 0.497 e. The van der Waals surface area contributed by atoms with Crippen LogP contribution in [-0.4, -0.2) is 37.1 Å². The van der Waals surface area contributed by atoms with E-state index in [0.717, 1.165) is 17.1 Å². The molecule has 0 saturated heterocycles. The summed E-state index contributed by atoms with van der Waals surface area (Å²) in [7, 11) is 2.98. The van der Waals surface area contributed by atoms with Gasteiger partial charge >= 0.3 is 5.97 Å². The number of carbonyl (C=O) groups is 2. The van der Waals surface area contributed by atoms with E-state index >= 15 is 0 Å². The van der Waals surface area contributed by atoms with E-state index in [1.54, 1.807) is 30.5 Å². The fraction of sp³-hybridized carbons (Fsp3) is 0.273. The van der Waals surface area contributed by atoms with Gasteiger partial charge in [-0.1, -0.05) is 0 Å². The molecule has 7 nitrogen and oxygen atoms in total. The first-order valence-electron chi connectivity index (χ1n) is 9.06. The van der Waals surface area contributed by atoms with Crippen molar-refractivity contribution in [3.8, 4) is 11.5 Å². The van der Waals surface area contributed by atoms with Gasteiger partial charge in [0.05, 0.1) is 38.2 Å². The molecule has 152 valence electrons. The third kappa shape index (κ3) is 4.34. The summed E-state index contributed by atoms with van der Waals surface area (Å²) in [6.07, 6.45) is 1.61. The van der Waals surface area contributed by atoms with Crippen LogP contribution < -0.4 is 9.47 Å². The lowest BCUT2D eigenvalue weighted by molar-refractivity contribution is 0.0473. The zero-order valence-electron chi connectivity index (χ0n) is 16.9. The second kappa shape index (κ2) is 8.68. The van der Waals surface area contributed by atoms with Gasteiger partial charge in [0.25, 0.3) is 0 Å². The number of benzene rings is 1. The van der Waals surface area contributed by atoms with E-state index < -0.39 is 12.6 Å². The molecule has 0 radical (unpaired) electrons. The average Bonchev–Trinajstić information content (AvgIpc) is 3.35. The number of aryl methyl sites for hydroxylation is 1. The number of methoxy groups -OCH3 is 2. The van der Waals surface area contributed by atoms with Crippen molar-refractivity contribution >= 4 is 11.8 Å². The van der Waals surface area contributed by atoms with Crippen molar-refractivity contribution in [2.75, 3.05) is 20.8 Å². The SMILES string of the molecule is COc1ccc(OC)c(C(=O)COC(=O)c2cc(C)n(Cc3ccco3)c2C)c1. The van der Waals surface area contributed by atoms with E-state index in [-0.39, 0.29) is 5.78 Å². The molecular weight excluding hydrogens is 374 g/mol. The Labute approximate surface area is 168 Å². The quantitative estimate of drug-likeness (QED) is 0.425. The minimum atomic E-state index is -0.556. The molecule has 2 heterocycles. The molecular formula is C22H23NO6. The highest BCUT2D eigenvalue weighted by Gasteiger charge is 2.20. The Hall–Kier alpha value is -3.48. The second-order valence-electron chi connectivity index (χ2n) is 6.52. The summed E-state index contributed by atoms with van der Waals surface area (Å²) >= 11 is 0. The first kappa shape index (κ1) is 20.3. The number of nitrogens with zero attached hydrogens (tertiary/aromatic N) is 1. The number of furan rings is 1. The molecule has 0 saturated carbocycles. The van der Waals surface area contributed by atoms with Crippen LogP contribution in [0.5, 0.6) is 11.5 Å². The summed E-state index contributed by atoms with van der Waals surface area (Å²) in [5.74, 6) is 0.759. The van der Waals surface area contributed by atoms with Crippen LogP contribution in [0.4, 0.5) is 0 Å². The third-order valence-corrected chi connectivity index (χ3v) is 4.73. The summed E-state index contributed by atoms with van der Waals surface area (Å²) in [5, 5.41) is 0. The topological polar surface area (TPSA) is 79.9 Å². The maximum absolute atomic E-state index is 12.6. The summed E-state index contributed by atoms with van der Waals surface area (Å²) in [6.45, 7) is 3.85. The summed E-state index contributed by atoms with van der Waals surface area (Å²) in [6, 6.07) is 10.3. The lowest BCUT2D eigenvalue weighted by atomic mass is 10.1. The molecule has 0 N–H and O–H groups in total. The molecule has 0 fully saturated rings. The van der Waals surface area contributed by atoms with Gasteiger partial charge in [0.1, 0.15) is 17.3 Å². The van der Waals surface area contributed by atoms with Gasteiger partial charge in [0.15, 0.2) is 6.61 Å². The Morgan fingerprint density at radius 1 is 1.03 bits per heavy atom. The molecule has 3 rings (SSSR count). The van der Waals surface area contributed by atoms with Gasteiger partial charge in [-0.15, -0.1) is 0 Å². The highest BCUT2D eigenvalue weighted by molar-refractivity contribution is 6.01. The molecule has 2 aromatic heterocycles. The number of ether oxygens (including phenoxy) is 3. The minimum absolute atomic E-state index is 0.294.